The molecule has 2 aromatic rings. The number of aryl methyl sites for hydroxylation is 2. The average Bonchev–Trinajstić information content (AvgIpc) is 3.05. The third-order valence-corrected chi connectivity index (χ3v) is 4.60. The topological polar surface area (TPSA) is 46.9 Å². The molecule has 1 N–H and O–H groups in total. The molecule has 2 aromatic heterocycles. The molecule has 0 bridgehead atoms. The first kappa shape index (κ1) is 13.4. The third kappa shape index (κ3) is 2.63. The number of thiophene rings is 1. The highest BCUT2D eigenvalue weighted by Gasteiger charge is 2.23. The van der Waals surface area contributed by atoms with Crippen molar-refractivity contribution in [2.75, 3.05) is 0 Å². The number of hydrogen-bond donors (Lipinski definition) is 1. The normalized spacial score (nSPS) is 19.4. The van der Waals surface area contributed by atoms with Crippen LogP contribution in [0.3, 0.4) is 0 Å². The number of nitrogens with zero attached hydrogens (tertiary/aromatic N) is 2. The summed E-state index contributed by atoms with van der Waals surface area (Å²) in [5.74, 6) is 1.18. The summed E-state index contributed by atoms with van der Waals surface area (Å²) in [5.41, 5.74) is 2.15. The summed E-state index contributed by atoms with van der Waals surface area (Å²) in [4.78, 5) is 16.8. The van der Waals surface area contributed by atoms with E-state index in [4.69, 9.17) is 0 Å². The Labute approximate surface area is 122 Å². The van der Waals surface area contributed by atoms with Gasteiger partial charge in [-0.05, 0) is 42.7 Å². The Morgan fingerprint density at radius 2 is 2.45 bits per heavy atom. The zero-order valence-electron chi connectivity index (χ0n) is 11.8. The van der Waals surface area contributed by atoms with Gasteiger partial charge < -0.3 is 9.88 Å². The molecule has 0 spiro atoms. The van der Waals surface area contributed by atoms with E-state index in [-0.39, 0.29) is 17.9 Å². The quantitative estimate of drug-likeness (QED) is 0.943. The molecule has 0 unspecified atom stereocenters. The number of hydrogen-bond acceptors (Lipinski definition) is 3. The number of carbonyl (C=O) groups is 1. The highest BCUT2D eigenvalue weighted by Crippen LogP contribution is 2.20. The Morgan fingerprint density at radius 3 is 3.20 bits per heavy atom. The number of nitrogens with one attached hydrogen (secondary N) is 1. The van der Waals surface area contributed by atoms with Crippen LogP contribution in [0.15, 0.2) is 23.0 Å². The number of amides is 1. The van der Waals surface area contributed by atoms with Crippen LogP contribution in [0.5, 0.6) is 0 Å². The highest BCUT2D eigenvalue weighted by atomic mass is 32.1. The second kappa shape index (κ2) is 5.40. The smallest absolute Gasteiger partial charge is 0.227 e. The lowest BCUT2D eigenvalue weighted by Crippen LogP contribution is -2.42. The number of imidazole rings is 1. The van der Waals surface area contributed by atoms with Crippen molar-refractivity contribution < 1.29 is 4.79 Å². The Balaban J connectivity index is 1.63. The van der Waals surface area contributed by atoms with Crippen LogP contribution in [0, 0.1) is 6.92 Å². The summed E-state index contributed by atoms with van der Waals surface area (Å²) in [6, 6.07) is 2.23. The molecule has 0 fully saturated rings. The van der Waals surface area contributed by atoms with Gasteiger partial charge in [0.1, 0.15) is 5.82 Å². The van der Waals surface area contributed by atoms with Crippen molar-refractivity contribution in [2.45, 2.75) is 45.2 Å². The van der Waals surface area contributed by atoms with Crippen LogP contribution < -0.4 is 5.32 Å². The minimum Gasteiger partial charge on any atom is -0.351 e. The maximum Gasteiger partial charge on any atom is 0.227 e. The maximum atomic E-state index is 12.3. The number of aromatic nitrogens is 2. The lowest BCUT2D eigenvalue weighted by atomic mass is 10.0. The van der Waals surface area contributed by atoms with E-state index >= 15 is 0 Å². The molecule has 4 nitrogen and oxygen atoms in total. The van der Waals surface area contributed by atoms with E-state index in [2.05, 4.69) is 21.1 Å². The fourth-order valence-electron chi connectivity index (χ4n) is 2.70. The molecule has 20 heavy (non-hydrogen) atoms. The predicted molar refractivity (Wildman–Crippen MR) is 79.9 cm³/mol. The SMILES string of the molecule is Cc1cn2c(n1)CC[C@@H](NC(=O)[C@H](C)c1ccsc1)C2. The van der Waals surface area contributed by atoms with Crippen molar-refractivity contribution in [3.05, 3.63) is 40.1 Å². The van der Waals surface area contributed by atoms with Gasteiger partial charge in [0.05, 0.1) is 11.6 Å². The van der Waals surface area contributed by atoms with Gasteiger partial charge in [-0.1, -0.05) is 0 Å². The Morgan fingerprint density at radius 1 is 1.60 bits per heavy atom. The molecule has 3 heterocycles. The highest BCUT2D eigenvalue weighted by molar-refractivity contribution is 7.08. The molecule has 0 aromatic carbocycles. The first-order valence-electron chi connectivity index (χ1n) is 6.98. The molecule has 0 aliphatic carbocycles. The van der Waals surface area contributed by atoms with Crippen molar-refractivity contribution >= 4 is 17.2 Å². The molecule has 106 valence electrons. The molecule has 2 atom stereocenters. The zero-order valence-corrected chi connectivity index (χ0v) is 12.6. The van der Waals surface area contributed by atoms with Crippen LogP contribution in [0.4, 0.5) is 0 Å². The summed E-state index contributed by atoms with van der Waals surface area (Å²) >= 11 is 1.63. The molecule has 5 heteroatoms. The van der Waals surface area contributed by atoms with Crippen molar-refractivity contribution in [1.29, 1.82) is 0 Å². The second-order valence-corrected chi connectivity index (χ2v) is 6.25. The van der Waals surface area contributed by atoms with Gasteiger partial charge in [0.25, 0.3) is 0 Å². The van der Waals surface area contributed by atoms with E-state index in [0.29, 0.717) is 0 Å². The molecule has 0 radical (unpaired) electrons. The Bertz CT molecular complexity index is 603. The van der Waals surface area contributed by atoms with Crippen molar-refractivity contribution in [3.8, 4) is 0 Å². The molecule has 3 rings (SSSR count). The van der Waals surface area contributed by atoms with Gasteiger partial charge in [-0.15, -0.1) is 0 Å². The lowest BCUT2D eigenvalue weighted by molar-refractivity contribution is -0.123. The van der Waals surface area contributed by atoms with Gasteiger partial charge in [0.2, 0.25) is 5.91 Å². The fraction of sp³-hybridized carbons (Fsp3) is 0.467. The number of carbonyl (C=O) groups excluding carboxylic acids is 1. The van der Waals surface area contributed by atoms with Crippen LogP contribution in [-0.4, -0.2) is 21.5 Å². The molecular weight excluding hydrogens is 270 g/mol. The largest absolute Gasteiger partial charge is 0.351 e. The van der Waals surface area contributed by atoms with Crippen LogP contribution in [0.2, 0.25) is 0 Å². The minimum absolute atomic E-state index is 0.0767. The maximum absolute atomic E-state index is 12.3. The summed E-state index contributed by atoms with van der Waals surface area (Å²) < 4.78 is 2.17. The van der Waals surface area contributed by atoms with Crippen molar-refractivity contribution in [2.24, 2.45) is 0 Å². The van der Waals surface area contributed by atoms with E-state index in [1.54, 1.807) is 11.3 Å². The summed E-state index contributed by atoms with van der Waals surface area (Å²) in [5, 5.41) is 7.23. The predicted octanol–water partition coefficient (Wildman–Crippen LogP) is 2.49. The van der Waals surface area contributed by atoms with Gasteiger partial charge in [-0.2, -0.15) is 11.3 Å². The van der Waals surface area contributed by atoms with Crippen molar-refractivity contribution in [3.63, 3.8) is 0 Å². The molecule has 1 amide bonds. The summed E-state index contributed by atoms with van der Waals surface area (Å²) in [6.45, 7) is 4.81. The van der Waals surface area contributed by atoms with Gasteiger partial charge in [-0.3, -0.25) is 4.79 Å². The third-order valence-electron chi connectivity index (χ3n) is 3.90. The molecule has 0 saturated carbocycles. The molecule has 0 saturated heterocycles. The standard InChI is InChI=1S/C15H19N3OS/c1-10-7-18-8-13(3-4-14(18)16-10)17-15(19)11(2)12-5-6-20-9-12/h5-7,9,11,13H,3-4,8H2,1-2H3,(H,17,19)/t11-,13-/m1/s1. The van der Waals surface area contributed by atoms with Gasteiger partial charge in [0.15, 0.2) is 0 Å². The van der Waals surface area contributed by atoms with Crippen molar-refractivity contribution in [1.82, 2.24) is 14.9 Å². The minimum atomic E-state index is -0.0767. The monoisotopic (exact) mass is 289 g/mol. The fourth-order valence-corrected chi connectivity index (χ4v) is 3.46. The Kier molecular flexibility index (Phi) is 3.61. The van der Waals surface area contributed by atoms with Crippen LogP contribution in [-0.2, 0) is 17.8 Å². The van der Waals surface area contributed by atoms with E-state index in [1.807, 2.05) is 30.7 Å². The lowest BCUT2D eigenvalue weighted by Gasteiger charge is -2.26. The first-order valence-corrected chi connectivity index (χ1v) is 7.93. The van der Waals surface area contributed by atoms with Crippen LogP contribution >= 0.6 is 11.3 Å². The Hall–Kier alpha value is -1.62. The molecule has 1 aliphatic rings. The first-order chi connectivity index (χ1) is 9.63. The van der Waals surface area contributed by atoms with Gasteiger partial charge in [-0.25, -0.2) is 4.98 Å². The number of fused-ring (bicyclic) bond motifs is 1. The molecular formula is C15H19N3OS. The van der Waals surface area contributed by atoms with Crippen LogP contribution in [0.25, 0.3) is 0 Å². The van der Waals surface area contributed by atoms with E-state index in [1.165, 1.54) is 0 Å². The average molecular weight is 289 g/mol. The summed E-state index contributed by atoms with van der Waals surface area (Å²) in [6.07, 6.45) is 3.97. The van der Waals surface area contributed by atoms with E-state index in [0.717, 1.165) is 36.5 Å². The summed E-state index contributed by atoms with van der Waals surface area (Å²) in [7, 11) is 0. The van der Waals surface area contributed by atoms with Gasteiger partial charge in [0, 0.05) is 25.2 Å². The second-order valence-electron chi connectivity index (χ2n) is 5.47. The molecule has 1 aliphatic heterocycles. The van der Waals surface area contributed by atoms with E-state index < -0.39 is 0 Å². The zero-order chi connectivity index (χ0) is 14.1. The van der Waals surface area contributed by atoms with E-state index in [9.17, 15) is 4.79 Å². The van der Waals surface area contributed by atoms with Crippen LogP contribution in [0.1, 0.15) is 36.3 Å². The number of rotatable bonds is 3. The van der Waals surface area contributed by atoms with Gasteiger partial charge >= 0.3 is 0 Å².